The number of aryl methyl sites for hydroxylation is 1. The number of nitrogens with one attached hydrogen (secondary N) is 1. The summed E-state index contributed by atoms with van der Waals surface area (Å²) < 4.78 is 55.8. The van der Waals surface area contributed by atoms with Gasteiger partial charge in [0.15, 0.2) is 0 Å². The van der Waals surface area contributed by atoms with Crippen LogP contribution in [0.15, 0.2) is 24.3 Å². The first-order valence-electron chi connectivity index (χ1n) is 9.03. The molecule has 3 N–H and O–H groups in total. The smallest absolute Gasteiger partial charge is 0.397 e. The summed E-state index contributed by atoms with van der Waals surface area (Å²) >= 11 is 0.790. The number of rotatable bonds is 2. The molecule has 3 aromatic rings. The molecule has 2 aromatic heterocycles. The quantitative estimate of drug-likeness (QED) is 0.542. The molecule has 0 radical (unpaired) electrons. The first-order chi connectivity index (χ1) is 13.7. The molecule has 0 spiro atoms. The van der Waals surface area contributed by atoms with Crippen LogP contribution < -0.4 is 11.1 Å². The minimum Gasteiger partial charge on any atom is -0.397 e. The topological polar surface area (TPSA) is 68.0 Å². The Kier molecular flexibility index (Phi) is 4.72. The van der Waals surface area contributed by atoms with Crippen molar-refractivity contribution < 1.29 is 22.4 Å². The molecule has 0 aliphatic heterocycles. The lowest BCUT2D eigenvalue weighted by Crippen LogP contribution is -2.20. The van der Waals surface area contributed by atoms with Gasteiger partial charge in [0.25, 0.3) is 5.91 Å². The van der Waals surface area contributed by atoms with Crippen molar-refractivity contribution in [2.24, 2.45) is 5.92 Å². The fourth-order valence-corrected chi connectivity index (χ4v) is 4.74. The van der Waals surface area contributed by atoms with Gasteiger partial charge in [-0.1, -0.05) is 19.1 Å². The van der Waals surface area contributed by atoms with Crippen LogP contribution in [0.25, 0.3) is 10.2 Å². The Morgan fingerprint density at radius 1 is 1.31 bits per heavy atom. The lowest BCUT2D eigenvalue weighted by molar-refractivity contribution is -0.137. The van der Waals surface area contributed by atoms with E-state index in [4.69, 9.17) is 5.73 Å². The Morgan fingerprint density at radius 3 is 2.72 bits per heavy atom. The lowest BCUT2D eigenvalue weighted by atomic mass is 9.84. The summed E-state index contributed by atoms with van der Waals surface area (Å²) in [5.41, 5.74) is 5.42. The highest BCUT2D eigenvalue weighted by Crippen LogP contribution is 2.46. The third-order valence-electron chi connectivity index (χ3n) is 5.10. The lowest BCUT2D eigenvalue weighted by Gasteiger charge is -2.25. The van der Waals surface area contributed by atoms with E-state index in [9.17, 15) is 22.4 Å². The van der Waals surface area contributed by atoms with Gasteiger partial charge < -0.3 is 11.1 Å². The Morgan fingerprint density at radius 2 is 2.03 bits per heavy atom. The average Bonchev–Trinajstić information content (AvgIpc) is 2.97. The number of nitrogens with two attached hydrogens (primary N) is 1. The molecule has 1 amide bonds. The summed E-state index contributed by atoms with van der Waals surface area (Å²) in [6, 6.07) is 5.52. The van der Waals surface area contributed by atoms with Crippen LogP contribution in [0, 0.1) is 11.7 Å². The third kappa shape index (κ3) is 3.43. The largest absolute Gasteiger partial charge is 0.417 e. The average molecular weight is 423 g/mol. The molecular formula is C20H17F4N3OS. The maximum Gasteiger partial charge on any atom is 0.417 e. The number of benzene rings is 1. The summed E-state index contributed by atoms with van der Waals surface area (Å²) in [6.45, 7) is 1.90. The highest BCUT2D eigenvalue weighted by molar-refractivity contribution is 7.21. The highest BCUT2D eigenvalue weighted by atomic mass is 32.1. The molecule has 1 atom stereocenters. The van der Waals surface area contributed by atoms with Gasteiger partial charge in [-0.15, -0.1) is 11.3 Å². The van der Waals surface area contributed by atoms with E-state index in [1.807, 2.05) is 6.92 Å². The van der Waals surface area contributed by atoms with E-state index in [2.05, 4.69) is 10.3 Å². The SMILES string of the molecule is CC1CCc2nc3sc(C(=O)Nc4ccccc4F)c(N)c3c(C(F)(F)F)c2C1. The van der Waals surface area contributed by atoms with E-state index < -0.39 is 23.5 Å². The molecule has 9 heteroatoms. The predicted molar refractivity (Wildman–Crippen MR) is 105 cm³/mol. The number of anilines is 2. The summed E-state index contributed by atoms with van der Waals surface area (Å²) in [5.74, 6) is -1.32. The van der Waals surface area contributed by atoms with Crippen molar-refractivity contribution >= 4 is 38.8 Å². The Balaban J connectivity index is 1.87. The van der Waals surface area contributed by atoms with Crippen LogP contribution in [0.3, 0.4) is 0 Å². The standard InChI is InChI=1S/C20H17F4N3OS/c1-9-6-7-12-10(8-9)15(20(22,23)24)14-16(25)17(29-19(14)27-12)18(28)26-13-5-3-2-4-11(13)21/h2-5,9H,6-8,25H2,1H3,(H,26,28). The van der Waals surface area contributed by atoms with Crippen LogP contribution in [-0.2, 0) is 19.0 Å². The molecule has 0 bridgehead atoms. The maximum atomic E-state index is 14.0. The van der Waals surface area contributed by atoms with Gasteiger partial charge in [0.1, 0.15) is 15.5 Å². The molecule has 0 saturated heterocycles. The highest BCUT2D eigenvalue weighted by Gasteiger charge is 2.40. The van der Waals surface area contributed by atoms with Crippen LogP contribution in [0.2, 0.25) is 0 Å². The van der Waals surface area contributed by atoms with Gasteiger partial charge in [0.2, 0.25) is 0 Å². The van der Waals surface area contributed by atoms with E-state index in [0.29, 0.717) is 12.1 Å². The molecule has 2 heterocycles. The minimum atomic E-state index is -4.63. The number of hydrogen-bond donors (Lipinski definition) is 2. The summed E-state index contributed by atoms with van der Waals surface area (Å²) in [7, 11) is 0. The molecule has 4 nitrogen and oxygen atoms in total. The molecular weight excluding hydrogens is 406 g/mol. The third-order valence-corrected chi connectivity index (χ3v) is 6.20. The van der Waals surface area contributed by atoms with E-state index in [1.54, 1.807) is 0 Å². The van der Waals surface area contributed by atoms with Gasteiger partial charge in [-0.2, -0.15) is 13.2 Å². The normalized spacial score (nSPS) is 16.7. The molecule has 4 rings (SSSR count). The van der Waals surface area contributed by atoms with Crippen LogP contribution in [-0.4, -0.2) is 10.9 Å². The number of fused-ring (bicyclic) bond motifs is 2. The number of carbonyl (C=O) groups is 1. The van der Waals surface area contributed by atoms with Crippen molar-refractivity contribution in [3.05, 3.63) is 51.8 Å². The number of thiophene rings is 1. The van der Waals surface area contributed by atoms with Gasteiger partial charge in [-0.25, -0.2) is 9.37 Å². The fraction of sp³-hybridized carbons (Fsp3) is 0.300. The monoisotopic (exact) mass is 423 g/mol. The Labute approximate surface area is 167 Å². The first kappa shape index (κ1) is 19.6. The first-order valence-corrected chi connectivity index (χ1v) is 9.85. The Hall–Kier alpha value is -2.68. The second-order valence-electron chi connectivity index (χ2n) is 7.22. The Bertz CT molecular complexity index is 1120. The number of amides is 1. The number of carbonyl (C=O) groups excluding carboxylic acids is 1. The van der Waals surface area contributed by atoms with Crippen LogP contribution in [0.5, 0.6) is 0 Å². The predicted octanol–water partition coefficient (Wildman–Crippen LogP) is 5.41. The van der Waals surface area contributed by atoms with Gasteiger partial charge in [-0.05, 0) is 42.9 Å². The van der Waals surface area contributed by atoms with Crippen molar-refractivity contribution in [1.82, 2.24) is 4.98 Å². The zero-order valence-corrected chi connectivity index (χ0v) is 16.2. The van der Waals surface area contributed by atoms with Crippen LogP contribution in [0.1, 0.15) is 39.8 Å². The molecule has 152 valence electrons. The molecule has 1 aliphatic carbocycles. The minimum absolute atomic E-state index is 0.0711. The van der Waals surface area contributed by atoms with Gasteiger partial charge in [0.05, 0.1) is 16.9 Å². The van der Waals surface area contributed by atoms with Gasteiger partial charge in [0, 0.05) is 11.1 Å². The molecule has 0 fully saturated rings. The van der Waals surface area contributed by atoms with E-state index in [0.717, 1.165) is 17.8 Å². The van der Waals surface area contributed by atoms with Gasteiger partial charge >= 0.3 is 6.18 Å². The van der Waals surface area contributed by atoms with E-state index in [-0.39, 0.29) is 44.4 Å². The zero-order valence-electron chi connectivity index (χ0n) is 15.4. The van der Waals surface area contributed by atoms with Crippen molar-refractivity contribution in [2.75, 3.05) is 11.1 Å². The number of hydrogen-bond acceptors (Lipinski definition) is 4. The second kappa shape index (κ2) is 6.98. The summed E-state index contributed by atoms with van der Waals surface area (Å²) in [6.07, 6.45) is -3.16. The number of alkyl halides is 3. The number of nitrogens with zero attached hydrogens (tertiary/aromatic N) is 1. The van der Waals surface area contributed by atoms with Crippen molar-refractivity contribution in [3.63, 3.8) is 0 Å². The fourth-order valence-electron chi connectivity index (χ4n) is 3.72. The van der Waals surface area contributed by atoms with E-state index in [1.165, 1.54) is 24.3 Å². The van der Waals surface area contributed by atoms with Gasteiger partial charge in [-0.3, -0.25) is 4.79 Å². The molecule has 29 heavy (non-hydrogen) atoms. The number of nitrogen functional groups attached to an aromatic ring is 1. The molecule has 1 unspecified atom stereocenters. The van der Waals surface area contributed by atoms with Crippen LogP contribution in [0.4, 0.5) is 28.9 Å². The summed E-state index contributed by atoms with van der Waals surface area (Å²) in [4.78, 5) is 17.0. The number of halogens is 4. The zero-order chi connectivity index (χ0) is 20.9. The molecule has 0 saturated carbocycles. The van der Waals surface area contributed by atoms with Crippen molar-refractivity contribution in [2.45, 2.75) is 32.4 Å². The van der Waals surface area contributed by atoms with Crippen molar-refractivity contribution in [1.29, 1.82) is 0 Å². The second-order valence-corrected chi connectivity index (χ2v) is 8.22. The number of aromatic nitrogens is 1. The van der Waals surface area contributed by atoms with E-state index >= 15 is 0 Å². The molecule has 1 aromatic carbocycles. The maximum absolute atomic E-state index is 14.0. The van der Waals surface area contributed by atoms with Crippen LogP contribution >= 0.6 is 11.3 Å². The number of pyridine rings is 1. The van der Waals surface area contributed by atoms with Crippen molar-refractivity contribution in [3.8, 4) is 0 Å². The number of para-hydroxylation sites is 1. The summed E-state index contributed by atoms with van der Waals surface area (Å²) in [5, 5.41) is 2.13. The molecule has 1 aliphatic rings.